The Morgan fingerprint density at radius 1 is 1.21 bits per heavy atom. The number of phenolic OH excluding ortho intramolecular Hbond substituents is 1. The minimum absolute atomic E-state index is 0.317. The molecule has 0 saturated carbocycles. The maximum atomic E-state index is 9.48. The van der Waals surface area contributed by atoms with Crippen molar-refractivity contribution in [3.63, 3.8) is 0 Å². The summed E-state index contributed by atoms with van der Waals surface area (Å²) in [4.78, 5) is 0. The Morgan fingerprint density at radius 2 is 2.00 bits per heavy atom. The normalized spacial score (nSPS) is 10.3. The van der Waals surface area contributed by atoms with Crippen LogP contribution >= 0.6 is 15.9 Å². The van der Waals surface area contributed by atoms with Gasteiger partial charge < -0.3 is 15.2 Å². The van der Waals surface area contributed by atoms with Crippen LogP contribution in [0, 0.1) is 6.92 Å². The third kappa shape index (κ3) is 3.41. The number of methoxy groups -OCH3 is 1. The molecule has 2 rings (SSSR count). The monoisotopic (exact) mass is 321 g/mol. The zero-order chi connectivity index (χ0) is 13.8. The molecule has 0 amide bonds. The highest BCUT2D eigenvalue weighted by atomic mass is 79.9. The minimum Gasteiger partial charge on any atom is -0.508 e. The Bertz CT molecular complexity index is 584. The molecule has 0 aliphatic rings. The van der Waals surface area contributed by atoms with Crippen molar-refractivity contribution in [2.45, 2.75) is 13.5 Å². The Morgan fingerprint density at radius 3 is 2.63 bits per heavy atom. The van der Waals surface area contributed by atoms with Crippen LogP contribution in [0.25, 0.3) is 0 Å². The zero-order valence-corrected chi connectivity index (χ0v) is 12.5. The van der Waals surface area contributed by atoms with Crippen LogP contribution in [0.1, 0.15) is 11.1 Å². The number of hydrogen-bond donors (Lipinski definition) is 2. The molecular weight excluding hydrogens is 306 g/mol. The minimum atomic E-state index is 0.317. The Kier molecular flexibility index (Phi) is 4.32. The number of anilines is 1. The molecule has 0 bridgehead atoms. The smallest absolute Gasteiger partial charge is 0.133 e. The highest BCUT2D eigenvalue weighted by Crippen LogP contribution is 2.26. The van der Waals surface area contributed by atoms with Gasteiger partial charge in [0, 0.05) is 12.2 Å². The molecule has 2 N–H and O–H groups in total. The zero-order valence-electron chi connectivity index (χ0n) is 10.9. The summed E-state index contributed by atoms with van der Waals surface area (Å²) in [6, 6.07) is 11.5. The van der Waals surface area contributed by atoms with Gasteiger partial charge in [-0.3, -0.25) is 0 Å². The predicted molar refractivity (Wildman–Crippen MR) is 80.9 cm³/mol. The third-order valence-corrected chi connectivity index (χ3v) is 3.53. The number of hydrogen-bond acceptors (Lipinski definition) is 3. The van der Waals surface area contributed by atoms with E-state index >= 15 is 0 Å². The molecule has 0 aliphatic carbocycles. The molecule has 100 valence electrons. The molecule has 0 spiro atoms. The molecular formula is C15H16BrNO2. The van der Waals surface area contributed by atoms with Crippen molar-refractivity contribution in [2.75, 3.05) is 12.4 Å². The van der Waals surface area contributed by atoms with Crippen molar-refractivity contribution in [1.29, 1.82) is 0 Å². The Labute approximate surface area is 121 Å². The lowest BCUT2D eigenvalue weighted by atomic mass is 10.2. The van der Waals surface area contributed by atoms with Gasteiger partial charge in [0.1, 0.15) is 11.5 Å². The first kappa shape index (κ1) is 13.7. The van der Waals surface area contributed by atoms with Crippen LogP contribution in [-0.2, 0) is 6.54 Å². The number of rotatable bonds is 4. The second-order valence-electron chi connectivity index (χ2n) is 4.32. The molecule has 19 heavy (non-hydrogen) atoms. The summed E-state index contributed by atoms with van der Waals surface area (Å²) >= 11 is 3.47. The van der Waals surface area contributed by atoms with E-state index in [0.29, 0.717) is 12.3 Å². The van der Waals surface area contributed by atoms with Crippen molar-refractivity contribution < 1.29 is 9.84 Å². The SMILES string of the molecule is COc1ccc(CNc2ccc(O)c(C)c2)cc1Br. The maximum absolute atomic E-state index is 9.48. The second-order valence-corrected chi connectivity index (χ2v) is 5.18. The lowest BCUT2D eigenvalue weighted by Crippen LogP contribution is -2.00. The van der Waals surface area contributed by atoms with Crippen LogP contribution in [0.15, 0.2) is 40.9 Å². The number of benzene rings is 2. The maximum Gasteiger partial charge on any atom is 0.133 e. The van der Waals surface area contributed by atoms with E-state index in [1.54, 1.807) is 13.2 Å². The van der Waals surface area contributed by atoms with Gasteiger partial charge in [-0.2, -0.15) is 0 Å². The van der Waals surface area contributed by atoms with Crippen molar-refractivity contribution in [3.05, 3.63) is 52.0 Å². The van der Waals surface area contributed by atoms with Gasteiger partial charge in [0.25, 0.3) is 0 Å². The number of phenols is 1. The molecule has 0 aliphatic heterocycles. The molecule has 0 atom stereocenters. The van der Waals surface area contributed by atoms with Crippen molar-refractivity contribution >= 4 is 21.6 Å². The van der Waals surface area contributed by atoms with Crippen LogP contribution in [-0.4, -0.2) is 12.2 Å². The molecule has 0 radical (unpaired) electrons. The molecule has 0 saturated heterocycles. The summed E-state index contributed by atoms with van der Waals surface area (Å²) in [7, 11) is 1.65. The van der Waals surface area contributed by atoms with Crippen molar-refractivity contribution in [2.24, 2.45) is 0 Å². The summed E-state index contributed by atoms with van der Waals surface area (Å²) in [6.45, 7) is 2.59. The molecule has 2 aromatic rings. The van der Waals surface area contributed by atoms with E-state index < -0.39 is 0 Å². The molecule has 4 heteroatoms. The van der Waals surface area contributed by atoms with E-state index in [2.05, 4.69) is 21.2 Å². The first-order valence-electron chi connectivity index (χ1n) is 5.96. The number of aryl methyl sites for hydroxylation is 1. The lowest BCUT2D eigenvalue weighted by molar-refractivity contribution is 0.412. The quantitative estimate of drug-likeness (QED) is 0.833. The summed E-state index contributed by atoms with van der Waals surface area (Å²) in [5.74, 6) is 1.14. The molecule has 2 aromatic carbocycles. The standard InChI is InChI=1S/C15H16BrNO2/c1-10-7-12(4-5-14(10)18)17-9-11-3-6-15(19-2)13(16)8-11/h3-8,17-18H,9H2,1-2H3. The van der Waals surface area contributed by atoms with Gasteiger partial charge in [-0.05, 0) is 64.3 Å². The van der Waals surface area contributed by atoms with E-state index in [-0.39, 0.29) is 0 Å². The second kappa shape index (κ2) is 5.97. The van der Waals surface area contributed by atoms with E-state index in [0.717, 1.165) is 27.0 Å². The number of aromatic hydroxyl groups is 1. The van der Waals surface area contributed by atoms with Crippen molar-refractivity contribution in [3.8, 4) is 11.5 Å². The molecule has 0 aromatic heterocycles. The highest BCUT2D eigenvalue weighted by molar-refractivity contribution is 9.10. The lowest BCUT2D eigenvalue weighted by Gasteiger charge is -2.10. The van der Waals surface area contributed by atoms with Gasteiger partial charge in [0.2, 0.25) is 0 Å². The number of ether oxygens (including phenoxy) is 1. The first-order chi connectivity index (χ1) is 9.10. The summed E-state index contributed by atoms with van der Waals surface area (Å²) in [5, 5.41) is 12.8. The van der Waals surface area contributed by atoms with E-state index in [1.807, 2.05) is 37.3 Å². The van der Waals surface area contributed by atoms with Crippen LogP contribution in [0.2, 0.25) is 0 Å². The molecule has 0 heterocycles. The predicted octanol–water partition coefficient (Wildman–Crippen LogP) is 4.08. The molecule has 0 unspecified atom stereocenters. The number of nitrogens with one attached hydrogen (secondary N) is 1. The average molecular weight is 322 g/mol. The third-order valence-electron chi connectivity index (χ3n) is 2.91. The van der Waals surface area contributed by atoms with E-state index in [1.165, 1.54) is 0 Å². The summed E-state index contributed by atoms with van der Waals surface area (Å²) in [5.41, 5.74) is 3.00. The van der Waals surface area contributed by atoms with Gasteiger partial charge in [0.05, 0.1) is 11.6 Å². The Balaban J connectivity index is 2.05. The Hall–Kier alpha value is -1.68. The van der Waals surface area contributed by atoms with Crippen LogP contribution < -0.4 is 10.1 Å². The van der Waals surface area contributed by atoms with Crippen LogP contribution in [0.5, 0.6) is 11.5 Å². The van der Waals surface area contributed by atoms with Crippen LogP contribution in [0.3, 0.4) is 0 Å². The van der Waals surface area contributed by atoms with Gasteiger partial charge in [-0.1, -0.05) is 6.07 Å². The highest BCUT2D eigenvalue weighted by Gasteiger charge is 2.02. The van der Waals surface area contributed by atoms with Gasteiger partial charge in [-0.25, -0.2) is 0 Å². The first-order valence-corrected chi connectivity index (χ1v) is 6.75. The molecule has 3 nitrogen and oxygen atoms in total. The van der Waals surface area contributed by atoms with Crippen LogP contribution in [0.4, 0.5) is 5.69 Å². The fraction of sp³-hybridized carbons (Fsp3) is 0.200. The summed E-state index contributed by atoms with van der Waals surface area (Å²) < 4.78 is 6.14. The molecule has 0 fully saturated rings. The van der Waals surface area contributed by atoms with Gasteiger partial charge in [0.15, 0.2) is 0 Å². The average Bonchev–Trinajstić information content (AvgIpc) is 2.40. The fourth-order valence-corrected chi connectivity index (χ4v) is 2.38. The van der Waals surface area contributed by atoms with Crippen molar-refractivity contribution in [1.82, 2.24) is 0 Å². The fourth-order valence-electron chi connectivity index (χ4n) is 1.79. The summed E-state index contributed by atoms with van der Waals surface area (Å²) in [6.07, 6.45) is 0. The van der Waals surface area contributed by atoms with E-state index in [9.17, 15) is 5.11 Å². The van der Waals surface area contributed by atoms with Gasteiger partial charge >= 0.3 is 0 Å². The topological polar surface area (TPSA) is 41.5 Å². The van der Waals surface area contributed by atoms with Gasteiger partial charge in [-0.15, -0.1) is 0 Å². The number of halogens is 1. The van der Waals surface area contributed by atoms with E-state index in [4.69, 9.17) is 4.74 Å². The largest absolute Gasteiger partial charge is 0.508 e.